The van der Waals surface area contributed by atoms with Gasteiger partial charge >= 0.3 is 0 Å². The Morgan fingerprint density at radius 2 is 2.00 bits per heavy atom. The van der Waals surface area contributed by atoms with E-state index in [0.717, 1.165) is 35.6 Å². The predicted molar refractivity (Wildman–Crippen MR) is 71.2 cm³/mol. The van der Waals surface area contributed by atoms with Gasteiger partial charge in [-0.3, -0.25) is 0 Å². The van der Waals surface area contributed by atoms with E-state index in [0.29, 0.717) is 0 Å². The van der Waals surface area contributed by atoms with E-state index in [-0.39, 0.29) is 0 Å². The third-order valence-corrected chi connectivity index (χ3v) is 2.57. The first-order valence-corrected chi connectivity index (χ1v) is 6.23. The molecule has 1 heterocycles. The van der Waals surface area contributed by atoms with Crippen LogP contribution in [0, 0.1) is 3.57 Å². The van der Waals surface area contributed by atoms with Crippen LogP contribution >= 0.6 is 22.6 Å². The van der Waals surface area contributed by atoms with E-state index in [1.807, 2.05) is 19.4 Å². The van der Waals surface area contributed by atoms with Crippen molar-refractivity contribution in [2.24, 2.45) is 0 Å². The second kappa shape index (κ2) is 6.95. The minimum absolute atomic E-state index is 0.826. The fraction of sp³-hybridized carbons (Fsp3) is 0.600. The Hall–Kier alpha value is -0.430. The molecule has 0 radical (unpaired) electrons. The summed E-state index contributed by atoms with van der Waals surface area (Å²) in [5, 5.41) is 3.14. The monoisotopic (exact) mass is 320 g/mol. The van der Waals surface area contributed by atoms with E-state index in [1.165, 1.54) is 0 Å². The molecular formula is C10H17IN4. The lowest BCUT2D eigenvalue weighted by Crippen LogP contribution is -2.32. The first kappa shape index (κ1) is 12.6. The van der Waals surface area contributed by atoms with Gasteiger partial charge in [0.25, 0.3) is 0 Å². The number of halogens is 1. The summed E-state index contributed by atoms with van der Waals surface area (Å²) in [6.45, 7) is 5.07. The number of nitrogens with one attached hydrogen (secondary N) is 1. The van der Waals surface area contributed by atoms with Crippen LogP contribution in [0.2, 0.25) is 0 Å². The summed E-state index contributed by atoms with van der Waals surface area (Å²) in [6, 6.07) is 0. The van der Waals surface area contributed by atoms with Crippen LogP contribution in [0.3, 0.4) is 0 Å². The average Bonchev–Trinajstić information content (AvgIpc) is 2.25. The van der Waals surface area contributed by atoms with Crippen molar-refractivity contribution in [1.29, 1.82) is 0 Å². The SMILES string of the molecule is CCCN(CCNC)c1ncc(I)cn1. The van der Waals surface area contributed by atoms with Gasteiger partial charge in [0.2, 0.25) is 5.95 Å². The predicted octanol–water partition coefficient (Wildman–Crippen LogP) is 1.52. The second-order valence-electron chi connectivity index (χ2n) is 3.29. The molecule has 0 aromatic carbocycles. The van der Waals surface area contributed by atoms with Crippen LogP contribution < -0.4 is 10.2 Å². The fourth-order valence-corrected chi connectivity index (χ4v) is 1.58. The van der Waals surface area contributed by atoms with Crippen LogP contribution in [-0.4, -0.2) is 36.6 Å². The maximum absolute atomic E-state index is 4.33. The second-order valence-corrected chi connectivity index (χ2v) is 4.54. The van der Waals surface area contributed by atoms with Gasteiger partial charge in [0.15, 0.2) is 0 Å². The third-order valence-electron chi connectivity index (χ3n) is 2.01. The van der Waals surface area contributed by atoms with Crippen molar-refractivity contribution in [1.82, 2.24) is 15.3 Å². The zero-order valence-electron chi connectivity index (χ0n) is 9.20. The summed E-state index contributed by atoms with van der Waals surface area (Å²) in [5.74, 6) is 0.826. The molecule has 1 aromatic heterocycles. The van der Waals surface area contributed by atoms with Crippen molar-refractivity contribution < 1.29 is 0 Å². The zero-order valence-corrected chi connectivity index (χ0v) is 11.4. The Morgan fingerprint density at radius 1 is 1.33 bits per heavy atom. The quantitative estimate of drug-likeness (QED) is 0.807. The van der Waals surface area contributed by atoms with E-state index >= 15 is 0 Å². The number of hydrogen-bond donors (Lipinski definition) is 1. The number of likely N-dealkylation sites (N-methyl/N-ethyl adjacent to an activating group) is 1. The van der Waals surface area contributed by atoms with E-state index in [2.05, 4.69) is 49.7 Å². The van der Waals surface area contributed by atoms with Crippen LogP contribution in [0.4, 0.5) is 5.95 Å². The van der Waals surface area contributed by atoms with Crippen LogP contribution in [0.1, 0.15) is 13.3 Å². The van der Waals surface area contributed by atoms with Gasteiger partial charge in [0, 0.05) is 35.6 Å². The number of nitrogens with zero attached hydrogens (tertiary/aromatic N) is 3. The molecule has 0 bridgehead atoms. The maximum Gasteiger partial charge on any atom is 0.225 e. The van der Waals surface area contributed by atoms with Crippen molar-refractivity contribution in [3.8, 4) is 0 Å². The van der Waals surface area contributed by atoms with Crippen LogP contribution in [0.5, 0.6) is 0 Å². The summed E-state index contributed by atoms with van der Waals surface area (Å²) >= 11 is 2.21. The minimum Gasteiger partial charge on any atom is -0.340 e. The first-order valence-electron chi connectivity index (χ1n) is 5.15. The molecule has 0 atom stereocenters. The zero-order chi connectivity index (χ0) is 11.1. The number of aromatic nitrogens is 2. The summed E-state index contributed by atoms with van der Waals surface area (Å²) < 4.78 is 1.07. The molecule has 0 saturated heterocycles. The molecular weight excluding hydrogens is 303 g/mol. The Labute approximate surface area is 105 Å². The summed E-state index contributed by atoms with van der Waals surface area (Å²) in [5.41, 5.74) is 0. The molecule has 4 nitrogen and oxygen atoms in total. The largest absolute Gasteiger partial charge is 0.340 e. The van der Waals surface area contributed by atoms with Crippen molar-refractivity contribution in [3.05, 3.63) is 16.0 Å². The summed E-state index contributed by atoms with van der Waals surface area (Å²) in [7, 11) is 1.96. The van der Waals surface area contributed by atoms with Gasteiger partial charge in [0.05, 0.1) is 0 Å². The Bertz CT molecular complexity index is 275. The number of hydrogen-bond acceptors (Lipinski definition) is 4. The van der Waals surface area contributed by atoms with E-state index in [1.54, 1.807) is 0 Å². The van der Waals surface area contributed by atoms with Gasteiger partial charge in [-0.1, -0.05) is 6.92 Å². The average molecular weight is 320 g/mol. The topological polar surface area (TPSA) is 41.0 Å². The molecule has 0 amide bonds. The third kappa shape index (κ3) is 4.29. The van der Waals surface area contributed by atoms with E-state index in [4.69, 9.17) is 0 Å². The van der Waals surface area contributed by atoms with Crippen molar-refractivity contribution in [2.45, 2.75) is 13.3 Å². The van der Waals surface area contributed by atoms with Gasteiger partial charge in [-0.25, -0.2) is 9.97 Å². The van der Waals surface area contributed by atoms with Gasteiger partial charge in [-0.2, -0.15) is 0 Å². The lowest BCUT2D eigenvalue weighted by atomic mass is 10.4. The standard InChI is InChI=1S/C10H17IN4/c1-3-5-15(6-4-12-2)10-13-7-9(11)8-14-10/h7-8,12H,3-6H2,1-2H3. The van der Waals surface area contributed by atoms with E-state index in [9.17, 15) is 0 Å². The molecule has 0 aliphatic carbocycles. The molecule has 15 heavy (non-hydrogen) atoms. The normalized spacial score (nSPS) is 10.3. The van der Waals surface area contributed by atoms with E-state index < -0.39 is 0 Å². The fourth-order valence-electron chi connectivity index (χ4n) is 1.30. The van der Waals surface area contributed by atoms with Crippen LogP contribution in [0.15, 0.2) is 12.4 Å². The molecule has 0 aliphatic heterocycles. The highest BCUT2D eigenvalue weighted by atomic mass is 127. The Kier molecular flexibility index (Phi) is 5.85. The van der Waals surface area contributed by atoms with Crippen molar-refractivity contribution >= 4 is 28.5 Å². The summed E-state index contributed by atoms with van der Waals surface area (Å²) in [6.07, 6.45) is 4.81. The van der Waals surface area contributed by atoms with Gasteiger partial charge in [-0.15, -0.1) is 0 Å². The molecule has 0 spiro atoms. The highest BCUT2D eigenvalue weighted by molar-refractivity contribution is 14.1. The summed E-state index contributed by atoms with van der Waals surface area (Å²) in [4.78, 5) is 10.9. The van der Waals surface area contributed by atoms with Crippen molar-refractivity contribution in [3.63, 3.8) is 0 Å². The molecule has 1 aromatic rings. The molecule has 0 aliphatic rings. The van der Waals surface area contributed by atoms with Crippen LogP contribution in [0.25, 0.3) is 0 Å². The molecule has 1 N–H and O–H groups in total. The molecule has 0 fully saturated rings. The highest BCUT2D eigenvalue weighted by Gasteiger charge is 2.06. The molecule has 0 unspecified atom stereocenters. The molecule has 0 saturated carbocycles. The van der Waals surface area contributed by atoms with Gasteiger partial charge in [0.1, 0.15) is 0 Å². The lowest BCUT2D eigenvalue weighted by molar-refractivity contribution is 0.692. The van der Waals surface area contributed by atoms with Crippen LogP contribution in [-0.2, 0) is 0 Å². The smallest absolute Gasteiger partial charge is 0.225 e. The molecule has 5 heteroatoms. The molecule has 1 rings (SSSR count). The lowest BCUT2D eigenvalue weighted by Gasteiger charge is -2.21. The molecule has 84 valence electrons. The Morgan fingerprint density at radius 3 is 2.53 bits per heavy atom. The van der Waals surface area contributed by atoms with Crippen molar-refractivity contribution in [2.75, 3.05) is 31.6 Å². The maximum atomic E-state index is 4.33. The number of anilines is 1. The Balaban J connectivity index is 2.65. The van der Waals surface area contributed by atoms with Gasteiger partial charge < -0.3 is 10.2 Å². The number of rotatable bonds is 6. The minimum atomic E-state index is 0.826. The van der Waals surface area contributed by atoms with Gasteiger partial charge in [-0.05, 0) is 36.1 Å². The highest BCUT2D eigenvalue weighted by Crippen LogP contribution is 2.08. The first-order chi connectivity index (χ1) is 7.27.